The summed E-state index contributed by atoms with van der Waals surface area (Å²) in [5.74, 6) is 6.69. The van der Waals surface area contributed by atoms with Crippen molar-refractivity contribution in [2.45, 2.75) is 0 Å². The van der Waals surface area contributed by atoms with Crippen LogP contribution in [-0.4, -0.2) is 148 Å². The fraction of sp³-hybridized carbons (Fsp3) is 0.875. The Hall–Kier alpha value is 3.74. The van der Waals surface area contributed by atoms with Gasteiger partial charge in [-0.05, 0) is 11.2 Å². The van der Waals surface area contributed by atoms with Crippen LogP contribution in [0.15, 0.2) is 0 Å². The predicted octanol–water partition coefficient (Wildman–Crippen LogP) is 7.09. The van der Waals surface area contributed by atoms with Crippen LogP contribution in [0, 0.1) is 0 Å². The lowest BCUT2D eigenvalue weighted by Crippen LogP contribution is -2.11. The Bertz CT molecular complexity index is 736. The van der Waals surface area contributed by atoms with Gasteiger partial charge < -0.3 is 24.2 Å². The molecule has 0 aromatic rings. The summed E-state index contributed by atoms with van der Waals surface area (Å²) in [6.07, 6.45) is 0. The molecule has 0 aromatic heterocycles. The van der Waals surface area contributed by atoms with Crippen LogP contribution >= 0.6 is 165 Å². The van der Waals surface area contributed by atoms with Gasteiger partial charge >= 0.3 is 11.9 Å². The zero-order valence-corrected chi connectivity index (χ0v) is 38.1. The SMILES string of the molecule is O=C(CSCSCSCC[S+]([O-])CSCSCSCSC(=O)CSCSCSCC(=O)OCSCCSCO)OCSCCSCO. The maximum absolute atomic E-state index is 12.2. The van der Waals surface area contributed by atoms with Gasteiger partial charge in [-0.25, -0.2) is 0 Å². The highest BCUT2D eigenvalue weighted by atomic mass is 32.3. The summed E-state index contributed by atoms with van der Waals surface area (Å²) in [7, 11) is 0. The van der Waals surface area contributed by atoms with E-state index in [0.717, 1.165) is 64.4 Å². The predicted molar refractivity (Wildman–Crippen MR) is 238 cm³/mol. The van der Waals surface area contributed by atoms with E-state index in [1.54, 1.807) is 118 Å². The van der Waals surface area contributed by atoms with Gasteiger partial charge in [0.25, 0.3) is 0 Å². The Balaban J connectivity index is 3.35. The van der Waals surface area contributed by atoms with Gasteiger partial charge in [-0.15, -0.1) is 141 Å². The average Bonchev–Trinajstić information content (AvgIpc) is 3.06. The molecule has 47 heavy (non-hydrogen) atoms. The lowest BCUT2D eigenvalue weighted by molar-refractivity contribution is -0.139. The summed E-state index contributed by atoms with van der Waals surface area (Å²) in [5.41, 5.74) is 0. The molecule has 0 spiro atoms. The molecule has 0 aromatic carbocycles. The van der Waals surface area contributed by atoms with E-state index >= 15 is 0 Å². The zero-order chi connectivity index (χ0) is 34.5. The summed E-state index contributed by atoms with van der Waals surface area (Å²) in [6.45, 7) is 0. The van der Waals surface area contributed by atoms with Gasteiger partial charge in [-0.2, -0.15) is 0 Å². The second kappa shape index (κ2) is 42.5. The zero-order valence-electron chi connectivity index (χ0n) is 25.8. The number of aliphatic hydroxyl groups excluding tert-OH is 2. The van der Waals surface area contributed by atoms with Gasteiger partial charge in [0.2, 0.25) is 0 Å². The first kappa shape index (κ1) is 50.7. The van der Waals surface area contributed by atoms with Crippen molar-refractivity contribution in [1.29, 1.82) is 0 Å². The molecule has 1 atom stereocenters. The molecule has 0 rings (SSSR count). The van der Waals surface area contributed by atoms with Gasteiger partial charge in [0.1, 0.15) is 17.6 Å². The molecule has 23 heteroatoms. The van der Waals surface area contributed by atoms with Gasteiger partial charge in [0, 0.05) is 64.4 Å². The first-order valence-corrected chi connectivity index (χ1v) is 31.0. The minimum atomic E-state index is -0.820. The number of hydrogen-bond donors (Lipinski definition) is 2. The Morgan fingerprint density at radius 1 is 0.511 bits per heavy atom. The highest BCUT2D eigenvalue weighted by Crippen LogP contribution is 2.25. The fourth-order valence-corrected chi connectivity index (χ4v) is 18.3. The molecule has 278 valence electrons. The van der Waals surface area contributed by atoms with Crippen molar-refractivity contribution in [2.75, 3.05) is 116 Å². The van der Waals surface area contributed by atoms with Gasteiger partial charge in [0.05, 0.1) is 29.1 Å². The molecule has 0 fully saturated rings. The first-order chi connectivity index (χ1) is 23.0. The highest BCUT2D eigenvalue weighted by molar-refractivity contribution is 8.30. The van der Waals surface area contributed by atoms with E-state index < -0.39 is 11.2 Å². The van der Waals surface area contributed by atoms with E-state index in [0.29, 0.717) is 40.0 Å². The Labute approximate surface area is 343 Å². The fourth-order valence-electron chi connectivity index (χ4n) is 2.19. The van der Waals surface area contributed by atoms with Crippen molar-refractivity contribution in [3.8, 4) is 0 Å². The van der Waals surface area contributed by atoms with E-state index in [2.05, 4.69) is 0 Å². The first-order valence-electron chi connectivity index (χ1n) is 13.5. The van der Waals surface area contributed by atoms with Gasteiger partial charge in [0.15, 0.2) is 10.2 Å². The number of carbonyl (C=O) groups excluding carboxylic acids is 3. The van der Waals surface area contributed by atoms with Crippen molar-refractivity contribution in [1.82, 2.24) is 0 Å². The Morgan fingerprint density at radius 3 is 1.51 bits per heavy atom. The van der Waals surface area contributed by atoms with E-state index in [9.17, 15) is 18.9 Å². The molecule has 0 amide bonds. The molecule has 0 aliphatic carbocycles. The molecule has 0 bridgehead atoms. The molecular formula is C24H44O8S15. The summed E-state index contributed by atoms with van der Waals surface area (Å²) < 4.78 is 22.5. The number of esters is 2. The topological polar surface area (TPSA) is 133 Å². The minimum absolute atomic E-state index is 0.118. The molecule has 2 N–H and O–H groups in total. The van der Waals surface area contributed by atoms with Crippen LogP contribution in [0.4, 0.5) is 0 Å². The normalized spacial score (nSPS) is 11.9. The summed E-state index contributed by atoms with van der Waals surface area (Å²) >= 11 is 21.7. The third kappa shape index (κ3) is 42.3. The second-order valence-corrected chi connectivity index (χ2v) is 26.5. The minimum Gasteiger partial charge on any atom is -0.616 e. The highest BCUT2D eigenvalue weighted by Gasteiger charge is 2.08. The van der Waals surface area contributed by atoms with Crippen molar-refractivity contribution >= 4 is 193 Å². The van der Waals surface area contributed by atoms with Crippen LogP contribution in [-0.2, 0) is 35.0 Å². The molecule has 8 nitrogen and oxygen atoms in total. The van der Waals surface area contributed by atoms with Crippen LogP contribution < -0.4 is 0 Å². The van der Waals surface area contributed by atoms with Gasteiger partial charge in [-0.1, -0.05) is 23.5 Å². The lowest BCUT2D eigenvalue weighted by atomic mass is 10.8. The van der Waals surface area contributed by atoms with E-state index in [4.69, 9.17) is 19.7 Å². The number of carbonyl (C=O) groups is 3. The molecule has 1 unspecified atom stereocenters. The third-order valence-electron chi connectivity index (χ3n) is 4.17. The summed E-state index contributed by atoms with van der Waals surface area (Å²) in [5, 5.41) is 24.1. The van der Waals surface area contributed by atoms with E-state index in [1.165, 1.54) is 47.0 Å². The molecule has 0 heterocycles. The van der Waals surface area contributed by atoms with Crippen LogP contribution in [0.5, 0.6) is 0 Å². The number of hydrogen-bond acceptors (Lipinski definition) is 22. The monoisotopic (exact) mass is 940 g/mol. The summed E-state index contributed by atoms with van der Waals surface area (Å²) in [4.78, 5) is 35.4. The van der Waals surface area contributed by atoms with Crippen LogP contribution in [0.25, 0.3) is 0 Å². The number of rotatable bonds is 37. The molecule has 0 radical (unpaired) electrons. The standard InChI is InChI=1S/C24H44O8S15/c25-10-33-1-3-35-12-31-22(27)7-38-15-41-14-37-5-6-47(30)21-45-19-43-18-44-20-46-24(29)9-40-17-42-16-39-8-23(28)32-13-36-4-2-34-11-26/h25-26H,1-21H2. The molecule has 0 aliphatic rings. The van der Waals surface area contributed by atoms with E-state index in [-0.39, 0.29) is 28.9 Å². The van der Waals surface area contributed by atoms with Crippen molar-refractivity contribution in [2.24, 2.45) is 0 Å². The maximum Gasteiger partial charge on any atom is 0.316 e. The Morgan fingerprint density at radius 2 is 0.957 bits per heavy atom. The lowest BCUT2D eigenvalue weighted by Gasteiger charge is -2.10. The number of thioether (sulfide) groups is 14. The number of ether oxygens (including phenoxy) is 2. The molecular weight excluding hydrogens is 897 g/mol. The van der Waals surface area contributed by atoms with Crippen molar-refractivity contribution in [3.05, 3.63) is 0 Å². The van der Waals surface area contributed by atoms with E-state index in [1.807, 2.05) is 0 Å². The second-order valence-electron chi connectivity index (χ2n) is 7.74. The summed E-state index contributed by atoms with van der Waals surface area (Å²) in [6, 6.07) is 0. The molecule has 0 saturated heterocycles. The van der Waals surface area contributed by atoms with Crippen molar-refractivity contribution < 1.29 is 38.6 Å². The van der Waals surface area contributed by atoms with Crippen LogP contribution in [0.2, 0.25) is 0 Å². The molecule has 0 aliphatic heterocycles. The van der Waals surface area contributed by atoms with Crippen molar-refractivity contribution in [3.63, 3.8) is 0 Å². The Kier molecular flexibility index (Phi) is 45.9. The number of aliphatic hydroxyl groups is 2. The van der Waals surface area contributed by atoms with Gasteiger partial charge in [-0.3, -0.25) is 14.4 Å². The van der Waals surface area contributed by atoms with Crippen LogP contribution in [0.1, 0.15) is 0 Å². The maximum atomic E-state index is 12.2. The van der Waals surface area contributed by atoms with Crippen LogP contribution in [0.3, 0.4) is 0 Å². The third-order valence-corrected chi connectivity index (χ3v) is 21.9. The smallest absolute Gasteiger partial charge is 0.316 e. The quantitative estimate of drug-likeness (QED) is 0.0284. The average molecular weight is 942 g/mol. The molecule has 0 saturated carbocycles. The largest absolute Gasteiger partial charge is 0.616 e.